The van der Waals surface area contributed by atoms with E-state index in [1.54, 1.807) is 42.5 Å². The molecule has 1 N–H and O–H groups in total. The molecule has 0 aliphatic rings. The number of nitriles is 1. The van der Waals surface area contributed by atoms with Gasteiger partial charge in [0.25, 0.3) is 5.91 Å². The van der Waals surface area contributed by atoms with Crippen LogP contribution in [0.3, 0.4) is 0 Å². The summed E-state index contributed by atoms with van der Waals surface area (Å²) in [5.41, 5.74) is 2.28. The first kappa shape index (κ1) is 23.6. The summed E-state index contributed by atoms with van der Waals surface area (Å²) in [5.74, 6) is 0.823. The van der Waals surface area contributed by atoms with Crippen molar-refractivity contribution in [3.05, 3.63) is 92.4 Å². The summed E-state index contributed by atoms with van der Waals surface area (Å²) in [7, 11) is 0. The second-order valence-electron chi connectivity index (χ2n) is 6.69. The number of carbonyl (C=O) groups is 1. The smallest absolute Gasteiger partial charge is 0.266 e. The first-order valence-corrected chi connectivity index (χ1v) is 11.4. The normalized spacial score (nSPS) is 10.9. The Kier molecular flexibility index (Phi) is 8.48. The molecule has 0 heterocycles. The number of nitrogens with one attached hydrogen (secondary N) is 1. The maximum absolute atomic E-state index is 12.6. The van der Waals surface area contributed by atoms with Gasteiger partial charge in [-0.25, -0.2) is 0 Å². The van der Waals surface area contributed by atoms with Crippen molar-refractivity contribution in [1.29, 1.82) is 5.26 Å². The molecule has 3 aromatic carbocycles. The van der Waals surface area contributed by atoms with Gasteiger partial charge in [-0.15, -0.1) is 0 Å². The van der Waals surface area contributed by atoms with Gasteiger partial charge in [-0.3, -0.25) is 4.79 Å². The standard InChI is InChI=1S/C25H20Br2N2O3/c1-2-31-22-5-3-4-21(14-22)29-25(30)19(15-28)12-18-8-11-24(23(27)13-18)32-16-17-6-9-20(26)10-7-17/h3-14H,2,16H2,1H3,(H,29,30)/b19-12-. The summed E-state index contributed by atoms with van der Waals surface area (Å²) in [5, 5.41) is 12.2. The molecule has 32 heavy (non-hydrogen) atoms. The summed E-state index contributed by atoms with van der Waals surface area (Å²) < 4.78 is 13.0. The van der Waals surface area contributed by atoms with Crippen LogP contribution in [0.4, 0.5) is 5.69 Å². The highest BCUT2D eigenvalue weighted by Gasteiger charge is 2.11. The first-order valence-electron chi connectivity index (χ1n) is 9.81. The minimum atomic E-state index is -0.493. The summed E-state index contributed by atoms with van der Waals surface area (Å²) in [4.78, 5) is 12.6. The summed E-state index contributed by atoms with van der Waals surface area (Å²) >= 11 is 6.91. The van der Waals surface area contributed by atoms with Crippen LogP contribution in [0.15, 0.2) is 81.2 Å². The molecular weight excluding hydrogens is 536 g/mol. The Balaban J connectivity index is 1.69. The highest BCUT2D eigenvalue weighted by atomic mass is 79.9. The molecule has 5 nitrogen and oxygen atoms in total. The predicted octanol–water partition coefficient (Wildman–Crippen LogP) is 6.73. The van der Waals surface area contributed by atoms with Crippen LogP contribution in [-0.2, 0) is 11.4 Å². The fourth-order valence-electron chi connectivity index (χ4n) is 2.81. The van der Waals surface area contributed by atoms with E-state index in [9.17, 15) is 10.1 Å². The second-order valence-corrected chi connectivity index (χ2v) is 8.46. The number of ether oxygens (including phenoxy) is 2. The van der Waals surface area contributed by atoms with Crippen molar-refractivity contribution in [2.24, 2.45) is 0 Å². The highest BCUT2D eigenvalue weighted by Crippen LogP contribution is 2.28. The Labute approximate surface area is 203 Å². The zero-order valence-corrected chi connectivity index (χ0v) is 20.4. The van der Waals surface area contributed by atoms with Crippen LogP contribution < -0.4 is 14.8 Å². The number of benzene rings is 3. The zero-order valence-electron chi connectivity index (χ0n) is 17.3. The van der Waals surface area contributed by atoms with Gasteiger partial charge in [0.05, 0.1) is 11.1 Å². The molecular formula is C25H20Br2N2O3. The fraction of sp³-hybridized carbons (Fsp3) is 0.120. The number of carbonyl (C=O) groups excluding carboxylic acids is 1. The van der Waals surface area contributed by atoms with Crippen LogP contribution in [0.25, 0.3) is 6.08 Å². The number of amides is 1. The minimum Gasteiger partial charge on any atom is -0.494 e. The van der Waals surface area contributed by atoms with Crippen LogP contribution in [0.5, 0.6) is 11.5 Å². The Morgan fingerprint density at radius 1 is 1.06 bits per heavy atom. The van der Waals surface area contributed by atoms with Crippen molar-refractivity contribution in [2.75, 3.05) is 11.9 Å². The van der Waals surface area contributed by atoms with E-state index in [1.165, 1.54) is 6.08 Å². The fourth-order valence-corrected chi connectivity index (χ4v) is 3.58. The van der Waals surface area contributed by atoms with Gasteiger partial charge in [0.1, 0.15) is 29.7 Å². The molecule has 1 amide bonds. The Bertz CT molecular complexity index is 1170. The third-order valence-corrected chi connectivity index (χ3v) is 5.49. The van der Waals surface area contributed by atoms with E-state index in [0.29, 0.717) is 36.0 Å². The van der Waals surface area contributed by atoms with E-state index >= 15 is 0 Å². The minimum absolute atomic E-state index is 0.0118. The number of nitrogens with zero attached hydrogens (tertiary/aromatic N) is 1. The van der Waals surface area contributed by atoms with Gasteiger partial charge in [0, 0.05) is 16.2 Å². The topological polar surface area (TPSA) is 71.3 Å². The largest absolute Gasteiger partial charge is 0.494 e. The van der Waals surface area contributed by atoms with Gasteiger partial charge in [0.15, 0.2) is 0 Å². The van der Waals surface area contributed by atoms with Crippen LogP contribution >= 0.6 is 31.9 Å². The number of anilines is 1. The third kappa shape index (κ3) is 6.71. The number of hydrogen-bond donors (Lipinski definition) is 1. The molecule has 0 atom stereocenters. The van der Waals surface area contributed by atoms with Crippen molar-refractivity contribution in [2.45, 2.75) is 13.5 Å². The van der Waals surface area contributed by atoms with Crippen molar-refractivity contribution >= 4 is 49.5 Å². The van der Waals surface area contributed by atoms with E-state index in [2.05, 4.69) is 37.2 Å². The maximum atomic E-state index is 12.6. The molecule has 0 saturated heterocycles. The maximum Gasteiger partial charge on any atom is 0.266 e. The lowest BCUT2D eigenvalue weighted by molar-refractivity contribution is -0.112. The van der Waals surface area contributed by atoms with E-state index < -0.39 is 5.91 Å². The molecule has 3 rings (SSSR count). The lowest BCUT2D eigenvalue weighted by atomic mass is 10.1. The molecule has 0 fully saturated rings. The average Bonchev–Trinajstić information content (AvgIpc) is 2.78. The van der Waals surface area contributed by atoms with Gasteiger partial charge in [0.2, 0.25) is 0 Å². The number of rotatable bonds is 8. The Morgan fingerprint density at radius 2 is 1.84 bits per heavy atom. The highest BCUT2D eigenvalue weighted by molar-refractivity contribution is 9.10. The molecule has 0 radical (unpaired) electrons. The number of hydrogen-bond acceptors (Lipinski definition) is 4. The molecule has 162 valence electrons. The van der Waals surface area contributed by atoms with Crippen molar-refractivity contribution in [3.63, 3.8) is 0 Å². The summed E-state index contributed by atoms with van der Waals surface area (Å²) in [6.45, 7) is 2.84. The molecule has 0 spiro atoms. The van der Waals surface area contributed by atoms with Crippen LogP contribution in [-0.4, -0.2) is 12.5 Å². The van der Waals surface area contributed by atoms with Crippen LogP contribution in [0, 0.1) is 11.3 Å². The molecule has 7 heteroatoms. The van der Waals surface area contributed by atoms with Gasteiger partial charge in [-0.2, -0.15) is 5.26 Å². The van der Waals surface area contributed by atoms with Crippen LogP contribution in [0.2, 0.25) is 0 Å². The summed E-state index contributed by atoms with van der Waals surface area (Å²) in [6.07, 6.45) is 1.53. The Hall–Kier alpha value is -3.08. The van der Waals surface area contributed by atoms with Crippen molar-refractivity contribution in [3.8, 4) is 17.6 Å². The third-order valence-electron chi connectivity index (χ3n) is 4.34. The second kappa shape index (κ2) is 11.5. The lowest BCUT2D eigenvalue weighted by Gasteiger charge is -2.10. The van der Waals surface area contributed by atoms with Gasteiger partial charge in [-0.1, -0.05) is 40.2 Å². The molecule has 0 saturated carbocycles. The predicted molar refractivity (Wildman–Crippen MR) is 132 cm³/mol. The molecule has 3 aromatic rings. The van der Waals surface area contributed by atoms with E-state index in [0.717, 1.165) is 14.5 Å². The Morgan fingerprint density at radius 3 is 2.53 bits per heavy atom. The zero-order chi connectivity index (χ0) is 22.9. The van der Waals surface area contributed by atoms with Crippen molar-refractivity contribution in [1.82, 2.24) is 0 Å². The monoisotopic (exact) mass is 554 g/mol. The molecule has 0 aliphatic carbocycles. The van der Waals surface area contributed by atoms with Gasteiger partial charge in [-0.05, 0) is 76.5 Å². The average molecular weight is 556 g/mol. The molecule has 0 aromatic heterocycles. The van der Waals surface area contributed by atoms with E-state index in [4.69, 9.17) is 9.47 Å². The molecule has 0 bridgehead atoms. The number of halogens is 2. The van der Waals surface area contributed by atoms with Crippen LogP contribution in [0.1, 0.15) is 18.1 Å². The van der Waals surface area contributed by atoms with Gasteiger partial charge < -0.3 is 14.8 Å². The van der Waals surface area contributed by atoms with E-state index in [1.807, 2.05) is 37.3 Å². The first-order chi connectivity index (χ1) is 15.5. The molecule has 0 unspecified atom stereocenters. The summed E-state index contributed by atoms with van der Waals surface area (Å²) in [6, 6.07) is 22.3. The van der Waals surface area contributed by atoms with Crippen molar-refractivity contribution < 1.29 is 14.3 Å². The van der Waals surface area contributed by atoms with E-state index in [-0.39, 0.29) is 5.57 Å². The van der Waals surface area contributed by atoms with Gasteiger partial charge >= 0.3 is 0 Å². The quantitative estimate of drug-likeness (QED) is 0.247. The molecule has 0 aliphatic heterocycles. The lowest BCUT2D eigenvalue weighted by Crippen LogP contribution is -2.13. The SMILES string of the molecule is CCOc1cccc(NC(=O)/C(C#N)=C\c2ccc(OCc3ccc(Br)cc3)c(Br)c2)c1.